The van der Waals surface area contributed by atoms with E-state index in [1.807, 2.05) is 13.8 Å². The summed E-state index contributed by atoms with van der Waals surface area (Å²) < 4.78 is 5.71. The van der Waals surface area contributed by atoms with Crippen molar-refractivity contribution < 1.29 is 24.6 Å². The van der Waals surface area contributed by atoms with E-state index in [0.29, 0.717) is 11.3 Å². The number of nitrogens with one attached hydrogen (secondary N) is 3. The van der Waals surface area contributed by atoms with Gasteiger partial charge < -0.3 is 30.3 Å². The average Bonchev–Trinajstić information content (AvgIpc) is 2.68. The minimum atomic E-state index is -0.926. The lowest BCUT2D eigenvalue weighted by atomic mass is 10.1. The summed E-state index contributed by atoms with van der Waals surface area (Å²) in [6.07, 6.45) is -1.79. The van der Waals surface area contributed by atoms with E-state index in [4.69, 9.17) is 4.74 Å². The number of fused-ring (bicyclic) bond motifs is 1. The normalized spacial score (nSPS) is 13.4. The van der Waals surface area contributed by atoms with Gasteiger partial charge in [-0.05, 0) is 39.0 Å². The van der Waals surface area contributed by atoms with Gasteiger partial charge in [-0.2, -0.15) is 0 Å². The molecule has 0 saturated heterocycles. The first-order chi connectivity index (χ1) is 14.6. The third-order valence-electron chi connectivity index (χ3n) is 4.44. The van der Waals surface area contributed by atoms with Crippen LogP contribution < -0.4 is 20.9 Å². The van der Waals surface area contributed by atoms with Gasteiger partial charge in [-0.1, -0.05) is 6.07 Å². The number of aliphatic hydroxyl groups excluding tert-OH is 1. The Morgan fingerprint density at radius 3 is 2.77 bits per heavy atom. The molecule has 11 heteroatoms. The van der Waals surface area contributed by atoms with Gasteiger partial charge in [0, 0.05) is 30.1 Å². The van der Waals surface area contributed by atoms with Crippen LogP contribution in [0.1, 0.15) is 27.2 Å². The molecule has 11 nitrogen and oxygen atoms in total. The highest BCUT2D eigenvalue weighted by Gasteiger charge is 2.21. The highest BCUT2D eigenvalue weighted by molar-refractivity contribution is 5.84. The van der Waals surface area contributed by atoms with E-state index in [9.17, 15) is 24.8 Å². The Morgan fingerprint density at radius 1 is 1.32 bits per heavy atom. The van der Waals surface area contributed by atoms with Crippen molar-refractivity contribution in [1.29, 1.82) is 0 Å². The SMILES string of the molecule is CC(CC(=O)NCC(C)(C)NCC(O)COc1cccc2[nH]c(=O)ccc12)O[N+](=O)[O-]. The third kappa shape index (κ3) is 8.22. The Morgan fingerprint density at radius 2 is 2.06 bits per heavy atom. The predicted molar refractivity (Wildman–Crippen MR) is 113 cm³/mol. The Bertz CT molecular complexity index is 960. The third-order valence-corrected chi connectivity index (χ3v) is 4.44. The summed E-state index contributed by atoms with van der Waals surface area (Å²) in [6, 6.07) is 8.35. The van der Waals surface area contributed by atoms with Gasteiger partial charge in [0.1, 0.15) is 24.6 Å². The summed E-state index contributed by atoms with van der Waals surface area (Å²) in [5, 5.41) is 26.2. The smallest absolute Gasteiger partial charge is 0.294 e. The van der Waals surface area contributed by atoms with Crippen molar-refractivity contribution >= 4 is 16.8 Å². The van der Waals surface area contributed by atoms with Gasteiger partial charge in [0.25, 0.3) is 5.09 Å². The molecule has 170 valence electrons. The molecule has 0 aliphatic heterocycles. The predicted octanol–water partition coefficient (Wildman–Crippen LogP) is 0.739. The molecule has 2 aromatic rings. The molecule has 0 radical (unpaired) electrons. The number of H-pyrrole nitrogens is 1. The molecule has 0 bridgehead atoms. The topological polar surface area (TPSA) is 156 Å². The van der Waals surface area contributed by atoms with Gasteiger partial charge >= 0.3 is 0 Å². The number of hydrogen-bond acceptors (Lipinski definition) is 8. The van der Waals surface area contributed by atoms with Crippen molar-refractivity contribution in [3.05, 3.63) is 50.8 Å². The fourth-order valence-electron chi connectivity index (χ4n) is 2.82. The summed E-state index contributed by atoms with van der Waals surface area (Å²) in [5.41, 5.74) is -0.0987. The van der Waals surface area contributed by atoms with Crippen molar-refractivity contribution in [1.82, 2.24) is 15.6 Å². The van der Waals surface area contributed by atoms with Crippen molar-refractivity contribution in [2.24, 2.45) is 0 Å². The Balaban J connectivity index is 1.77. The molecule has 4 N–H and O–H groups in total. The summed E-state index contributed by atoms with van der Waals surface area (Å²) in [7, 11) is 0. The molecule has 1 heterocycles. The quantitative estimate of drug-likeness (QED) is 0.280. The van der Waals surface area contributed by atoms with Crippen molar-refractivity contribution in [3.8, 4) is 5.75 Å². The van der Waals surface area contributed by atoms with Crippen LogP contribution in [0.25, 0.3) is 10.9 Å². The first kappa shape index (κ1) is 24.1. The van der Waals surface area contributed by atoms with Crippen LogP contribution in [0, 0.1) is 10.1 Å². The van der Waals surface area contributed by atoms with E-state index < -0.39 is 22.8 Å². The zero-order valence-corrected chi connectivity index (χ0v) is 17.7. The largest absolute Gasteiger partial charge is 0.490 e. The number of amides is 1. The number of aromatic amines is 1. The zero-order chi connectivity index (χ0) is 23.0. The van der Waals surface area contributed by atoms with Crippen LogP contribution >= 0.6 is 0 Å². The van der Waals surface area contributed by atoms with Crippen molar-refractivity contribution in [2.45, 2.75) is 44.9 Å². The van der Waals surface area contributed by atoms with Crippen LogP contribution in [0.4, 0.5) is 0 Å². The van der Waals surface area contributed by atoms with Crippen LogP contribution in [-0.2, 0) is 9.63 Å². The highest BCUT2D eigenvalue weighted by atomic mass is 17.0. The van der Waals surface area contributed by atoms with Gasteiger partial charge in [-0.15, -0.1) is 10.1 Å². The average molecular weight is 436 g/mol. The van der Waals surface area contributed by atoms with Gasteiger partial charge in [-0.25, -0.2) is 0 Å². The molecule has 31 heavy (non-hydrogen) atoms. The maximum absolute atomic E-state index is 11.9. The van der Waals surface area contributed by atoms with Gasteiger partial charge in [0.05, 0.1) is 11.9 Å². The Kier molecular flexibility index (Phi) is 8.34. The Hall–Kier alpha value is -3.18. The zero-order valence-electron chi connectivity index (χ0n) is 17.7. The highest BCUT2D eigenvalue weighted by Crippen LogP contribution is 2.23. The maximum Gasteiger partial charge on any atom is 0.294 e. The van der Waals surface area contributed by atoms with E-state index in [0.717, 1.165) is 5.39 Å². The van der Waals surface area contributed by atoms with E-state index >= 15 is 0 Å². The van der Waals surface area contributed by atoms with Gasteiger partial charge in [0.2, 0.25) is 11.5 Å². The number of pyridine rings is 1. The van der Waals surface area contributed by atoms with E-state index in [-0.39, 0.29) is 37.6 Å². The number of aromatic nitrogens is 1. The van der Waals surface area contributed by atoms with Crippen molar-refractivity contribution in [3.63, 3.8) is 0 Å². The molecule has 0 aliphatic rings. The fraction of sp³-hybridized carbons (Fsp3) is 0.500. The van der Waals surface area contributed by atoms with Crippen LogP contribution in [0.5, 0.6) is 5.75 Å². The van der Waals surface area contributed by atoms with Gasteiger partial charge in [0.15, 0.2) is 0 Å². The Labute approximate surface area is 178 Å². The number of nitrogens with zero attached hydrogens (tertiary/aromatic N) is 1. The summed E-state index contributed by atoms with van der Waals surface area (Å²) in [5.74, 6) is 0.174. The lowest BCUT2D eigenvalue weighted by Gasteiger charge is -2.28. The lowest BCUT2D eigenvalue weighted by molar-refractivity contribution is -0.767. The van der Waals surface area contributed by atoms with E-state index in [1.165, 1.54) is 13.0 Å². The molecule has 2 rings (SSSR count). The number of ether oxygens (including phenoxy) is 1. The van der Waals surface area contributed by atoms with E-state index in [2.05, 4.69) is 20.5 Å². The van der Waals surface area contributed by atoms with E-state index in [1.54, 1.807) is 24.3 Å². The van der Waals surface area contributed by atoms with Crippen LogP contribution in [0.3, 0.4) is 0 Å². The summed E-state index contributed by atoms with van der Waals surface area (Å²) >= 11 is 0. The monoisotopic (exact) mass is 436 g/mol. The number of benzene rings is 1. The molecule has 1 aromatic carbocycles. The van der Waals surface area contributed by atoms with Crippen molar-refractivity contribution in [2.75, 3.05) is 19.7 Å². The molecular formula is C20H28N4O7. The first-order valence-corrected chi connectivity index (χ1v) is 9.81. The molecule has 0 saturated carbocycles. The number of aliphatic hydroxyl groups is 1. The molecule has 0 fully saturated rings. The minimum absolute atomic E-state index is 0.0312. The minimum Gasteiger partial charge on any atom is -0.490 e. The molecule has 0 aliphatic carbocycles. The number of β-amino-alcohol motifs (C(OH)–C–C–N with tert-alkyl or cyclic N) is 1. The molecular weight excluding hydrogens is 408 g/mol. The fourth-order valence-corrected chi connectivity index (χ4v) is 2.82. The summed E-state index contributed by atoms with van der Waals surface area (Å²) in [4.78, 5) is 40.6. The van der Waals surface area contributed by atoms with Crippen LogP contribution in [0.2, 0.25) is 0 Å². The molecule has 2 atom stereocenters. The van der Waals surface area contributed by atoms with Crippen LogP contribution in [-0.4, -0.2) is 58.5 Å². The number of carbonyl (C=O) groups is 1. The molecule has 1 aromatic heterocycles. The summed E-state index contributed by atoms with van der Waals surface area (Å²) in [6.45, 7) is 5.63. The standard InChI is InChI=1S/C20H28N4O7/c1-13(31-24(28)29)9-19(27)21-12-20(2,3)22-10-14(25)11-30-17-6-4-5-16-15(17)7-8-18(26)23-16/h4-8,13-14,22,25H,9-12H2,1-3H3,(H,21,27)(H,23,26). The second kappa shape index (κ2) is 10.7. The maximum atomic E-state index is 11.9. The first-order valence-electron chi connectivity index (χ1n) is 9.81. The van der Waals surface area contributed by atoms with Gasteiger partial charge in [-0.3, -0.25) is 9.59 Å². The number of hydrogen-bond donors (Lipinski definition) is 4. The second-order valence-corrected chi connectivity index (χ2v) is 7.89. The molecule has 2 unspecified atom stereocenters. The number of carbonyl (C=O) groups excluding carboxylic acids is 1. The molecule has 0 spiro atoms. The molecule has 1 amide bonds. The van der Waals surface area contributed by atoms with Crippen LogP contribution in [0.15, 0.2) is 35.1 Å². The second-order valence-electron chi connectivity index (χ2n) is 7.89. The lowest BCUT2D eigenvalue weighted by Crippen LogP contribution is -2.52. The number of rotatable bonds is 12.